The van der Waals surface area contributed by atoms with E-state index in [1.54, 1.807) is 20.8 Å². The molecule has 1 fully saturated rings. The van der Waals surface area contributed by atoms with Crippen molar-refractivity contribution in [3.8, 4) is 0 Å². The highest BCUT2D eigenvalue weighted by Gasteiger charge is 2.35. The van der Waals surface area contributed by atoms with E-state index in [0.29, 0.717) is 18.8 Å². The topological polar surface area (TPSA) is 102 Å². The minimum atomic E-state index is -1.43. The number of rotatable bonds is 10. The molecule has 1 aliphatic rings. The summed E-state index contributed by atoms with van der Waals surface area (Å²) in [5.41, 5.74) is 0.228. The third-order valence-electron chi connectivity index (χ3n) is 5.04. The van der Waals surface area contributed by atoms with Crippen molar-refractivity contribution in [2.75, 3.05) is 7.11 Å². The van der Waals surface area contributed by atoms with E-state index in [9.17, 15) is 19.5 Å². The molecule has 0 spiro atoms. The molecule has 0 radical (unpaired) electrons. The van der Waals surface area contributed by atoms with E-state index in [0.717, 1.165) is 18.4 Å². The molecule has 2 N–H and O–H groups in total. The first-order valence-electron chi connectivity index (χ1n) is 10.4. The Morgan fingerprint density at radius 2 is 1.80 bits per heavy atom. The van der Waals surface area contributed by atoms with Gasteiger partial charge in [0.15, 0.2) is 11.9 Å². The summed E-state index contributed by atoms with van der Waals surface area (Å²) in [5, 5.41) is 13.1. The van der Waals surface area contributed by atoms with Crippen LogP contribution in [0.15, 0.2) is 30.3 Å². The second-order valence-corrected chi connectivity index (χ2v) is 8.97. The SMILES string of the molecule is COC(=O)C(O)C(CC(=O)[C@H](CC1CC1)NC(=O)OC(C)(C)C)Cc1ccccc1. The van der Waals surface area contributed by atoms with Gasteiger partial charge in [0.2, 0.25) is 0 Å². The third-order valence-corrected chi connectivity index (χ3v) is 5.04. The summed E-state index contributed by atoms with van der Waals surface area (Å²) in [6.07, 6.45) is 0.793. The number of hydrogen-bond donors (Lipinski definition) is 2. The summed E-state index contributed by atoms with van der Waals surface area (Å²) < 4.78 is 9.98. The number of alkyl carbamates (subject to hydrolysis) is 1. The molecule has 1 amide bonds. The molecule has 0 aliphatic heterocycles. The largest absolute Gasteiger partial charge is 0.467 e. The van der Waals surface area contributed by atoms with E-state index in [4.69, 9.17) is 4.74 Å². The second kappa shape index (κ2) is 10.6. The van der Waals surface area contributed by atoms with Crippen LogP contribution >= 0.6 is 0 Å². The summed E-state index contributed by atoms with van der Waals surface area (Å²) in [4.78, 5) is 37.3. The zero-order chi connectivity index (χ0) is 22.3. The van der Waals surface area contributed by atoms with E-state index in [1.807, 2.05) is 30.3 Å². The highest BCUT2D eigenvalue weighted by molar-refractivity contribution is 5.88. The Bertz CT molecular complexity index is 723. The molecule has 7 heteroatoms. The Balaban J connectivity index is 2.11. The zero-order valence-electron chi connectivity index (χ0n) is 18.2. The standard InChI is InChI=1S/C23H33NO6/c1-23(2,3)30-22(28)24-18(13-16-10-11-16)19(25)14-17(20(26)21(27)29-4)12-15-8-6-5-7-9-15/h5-9,16-18,20,26H,10-14H2,1-4H3,(H,24,28)/t17?,18-,20?/m0/s1. The summed E-state index contributed by atoms with van der Waals surface area (Å²) in [6, 6.07) is 8.63. The molecule has 0 bridgehead atoms. The second-order valence-electron chi connectivity index (χ2n) is 8.97. The summed E-state index contributed by atoms with van der Waals surface area (Å²) in [7, 11) is 1.20. The van der Waals surface area contributed by atoms with Gasteiger partial charge in [0.1, 0.15) is 5.60 Å². The molecule has 2 unspecified atom stereocenters. The Hall–Kier alpha value is -2.41. The molecule has 1 aliphatic carbocycles. The monoisotopic (exact) mass is 419 g/mol. The predicted octanol–water partition coefficient (Wildman–Crippen LogP) is 3.03. The van der Waals surface area contributed by atoms with Gasteiger partial charge >= 0.3 is 12.1 Å². The van der Waals surface area contributed by atoms with Crippen LogP contribution in [0, 0.1) is 11.8 Å². The van der Waals surface area contributed by atoms with Gasteiger partial charge in [0.25, 0.3) is 0 Å². The number of hydrogen-bond acceptors (Lipinski definition) is 6. The minimum absolute atomic E-state index is 0.0572. The smallest absolute Gasteiger partial charge is 0.408 e. The number of carbonyl (C=O) groups is 3. The van der Waals surface area contributed by atoms with Gasteiger partial charge in [0.05, 0.1) is 13.2 Å². The van der Waals surface area contributed by atoms with Gasteiger partial charge < -0.3 is 19.9 Å². The number of aliphatic hydroxyl groups is 1. The van der Waals surface area contributed by atoms with Crippen molar-refractivity contribution in [1.29, 1.82) is 0 Å². The van der Waals surface area contributed by atoms with Gasteiger partial charge in [0, 0.05) is 12.3 Å². The molecule has 1 saturated carbocycles. The lowest BCUT2D eigenvalue weighted by atomic mass is 9.87. The first-order valence-corrected chi connectivity index (χ1v) is 10.4. The number of ether oxygens (including phenoxy) is 2. The molecule has 3 atom stereocenters. The van der Waals surface area contributed by atoms with E-state index in [-0.39, 0.29) is 12.2 Å². The average molecular weight is 420 g/mol. The van der Waals surface area contributed by atoms with Crippen LogP contribution in [0.3, 0.4) is 0 Å². The molecule has 0 heterocycles. The molecular weight excluding hydrogens is 386 g/mol. The van der Waals surface area contributed by atoms with E-state index in [1.165, 1.54) is 7.11 Å². The van der Waals surface area contributed by atoms with Crippen molar-refractivity contribution in [3.05, 3.63) is 35.9 Å². The molecule has 7 nitrogen and oxygen atoms in total. The number of amides is 1. The van der Waals surface area contributed by atoms with Crippen LogP contribution < -0.4 is 5.32 Å². The number of carbonyl (C=O) groups excluding carboxylic acids is 3. The van der Waals surface area contributed by atoms with Crippen LogP contribution in [-0.4, -0.2) is 47.8 Å². The van der Waals surface area contributed by atoms with Crippen molar-refractivity contribution in [3.63, 3.8) is 0 Å². The van der Waals surface area contributed by atoms with Gasteiger partial charge in [-0.05, 0) is 45.1 Å². The Morgan fingerprint density at radius 3 is 2.33 bits per heavy atom. The molecule has 2 rings (SSSR count). The maximum atomic E-state index is 13.1. The minimum Gasteiger partial charge on any atom is -0.467 e. The van der Waals surface area contributed by atoms with Gasteiger partial charge in [-0.15, -0.1) is 0 Å². The molecule has 0 aromatic heterocycles. The summed E-state index contributed by atoms with van der Waals surface area (Å²) in [6.45, 7) is 5.27. The zero-order valence-corrected chi connectivity index (χ0v) is 18.2. The number of esters is 1. The number of ketones is 1. The average Bonchev–Trinajstić information content (AvgIpc) is 3.49. The molecule has 30 heavy (non-hydrogen) atoms. The van der Waals surface area contributed by atoms with Crippen molar-refractivity contribution in [2.24, 2.45) is 11.8 Å². The van der Waals surface area contributed by atoms with Gasteiger partial charge in [-0.2, -0.15) is 0 Å². The fraction of sp³-hybridized carbons (Fsp3) is 0.609. The van der Waals surface area contributed by atoms with Crippen LogP contribution in [0.4, 0.5) is 4.79 Å². The Kier molecular flexibility index (Phi) is 8.41. The molecule has 0 saturated heterocycles. The Morgan fingerprint density at radius 1 is 1.17 bits per heavy atom. The third kappa shape index (κ3) is 8.14. The van der Waals surface area contributed by atoms with Gasteiger partial charge in [-0.3, -0.25) is 4.79 Å². The lowest BCUT2D eigenvalue weighted by molar-refractivity contribution is -0.153. The van der Waals surface area contributed by atoms with Crippen molar-refractivity contribution < 1.29 is 29.0 Å². The van der Waals surface area contributed by atoms with E-state index in [2.05, 4.69) is 10.1 Å². The van der Waals surface area contributed by atoms with Gasteiger partial charge in [-0.25, -0.2) is 9.59 Å². The lowest BCUT2D eigenvalue weighted by Gasteiger charge is -2.25. The van der Waals surface area contributed by atoms with Crippen LogP contribution in [0.1, 0.15) is 52.0 Å². The number of aliphatic hydroxyl groups excluding tert-OH is 1. The number of nitrogens with one attached hydrogen (secondary N) is 1. The summed E-state index contributed by atoms with van der Waals surface area (Å²) in [5.74, 6) is -1.26. The van der Waals surface area contributed by atoms with Crippen molar-refractivity contribution in [2.45, 2.75) is 70.6 Å². The first-order chi connectivity index (χ1) is 14.1. The van der Waals surface area contributed by atoms with E-state index >= 15 is 0 Å². The van der Waals surface area contributed by atoms with Crippen LogP contribution in [0.25, 0.3) is 0 Å². The highest BCUT2D eigenvalue weighted by Crippen LogP contribution is 2.34. The lowest BCUT2D eigenvalue weighted by Crippen LogP contribution is -2.45. The first kappa shape index (κ1) is 23.9. The Labute approximate surface area is 178 Å². The number of Topliss-reactive ketones (excluding diaryl/α,β-unsaturated/α-hetero) is 1. The highest BCUT2D eigenvalue weighted by atomic mass is 16.6. The molecular formula is C23H33NO6. The molecule has 1 aromatic carbocycles. The quantitative estimate of drug-likeness (QED) is 0.565. The maximum Gasteiger partial charge on any atom is 0.408 e. The summed E-state index contributed by atoms with van der Waals surface area (Å²) >= 11 is 0. The van der Waals surface area contributed by atoms with E-state index < -0.39 is 35.7 Å². The number of methoxy groups -OCH3 is 1. The maximum absolute atomic E-state index is 13.1. The van der Waals surface area contributed by atoms with Crippen molar-refractivity contribution in [1.82, 2.24) is 5.32 Å². The molecule has 1 aromatic rings. The van der Waals surface area contributed by atoms with Crippen molar-refractivity contribution >= 4 is 17.8 Å². The van der Waals surface area contributed by atoms with Crippen LogP contribution in [0.5, 0.6) is 0 Å². The predicted molar refractivity (Wildman–Crippen MR) is 112 cm³/mol. The number of benzene rings is 1. The normalized spacial score (nSPS) is 16.8. The fourth-order valence-corrected chi connectivity index (χ4v) is 3.33. The van der Waals surface area contributed by atoms with Crippen LogP contribution in [-0.2, 0) is 25.5 Å². The fourth-order valence-electron chi connectivity index (χ4n) is 3.33. The molecule has 166 valence electrons. The van der Waals surface area contributed by atoms with Crippen LogP contribution in [0.2, 0.25) is 0 Å². The van der Waals surface area contributed by atoms with Gasteiger partial charge in [-0.1, -0.05) is 43.2 Å².